The van der Waals surface area contributed by atoms with Crippen LogP contribution in [0.1, 0.15) is 15.2 Å². The zero-order valence-electron chi connectivity index (χ0n) is 4.65. The molecule has 0 atom stereocenters. The summed E-state index contributed by atoms with van der Waals surface area (Å²) in [6.45, 7) is 3.26. The second kappa shape index (κ2) is 2.21. The lowest BCUT2D eigenvalue weighted by Crippen LogP contribution is -1.90. The standard InChI is InChI=1S/C4H10O/c1-4(2)3-5/h4-5H,3H2,1-2H3/i4D. The van der Waals surface area contributed by atoms with E-state index in [2.05, 4.69) is 0 Å². The minimum absolute atomic E-state index is 0.0625. The van der Waals surface area contributed by atoms with Crippen LogP contribution in [0.5, 0.6) is 0 Å². The van der Waals surface area contributed by atoms with Crippen molar-refractivity contribution in [3.63, 3.8) is 0 Å². The van der Waals surface area contributed by atoms with Gasteiger partial charge in [0.25, 0.3) is 0 Å². The highest BCUT2D eigenvalue weighted by Crippen LogP contribution is 1.83. The van der Waals surface area contributed by atoms with Gasteiger partial charge >= 0.3 is 0 Å². The molecule has 0 aliphatic rings. The van der Waals surface area contributed by atoms with E-state index < -0.39 is 5.89 Å². The minimum atomic E-state index is -0.653. The first-order valence-corrected chi connectivity index (χ1v) is 1.67. The summed E-state index contributed by atoms with van der Waals surface area (Å²) in [5.74, 6) is -0.653. The lowest BCUT2D eigenvalue weighted by atomic mass is 10.2. The van der Waals surface area contributed by atoms with Gasteiger partial charge < -0.3 is 5.11 Å². The van der Waals surface area contributed by atoms with Gasteiger partial charge in [-0.15, -0.1) is 0 Å². The molecule has 0 aromatic heterocycles. The van der Waals surface area contributed by atoms with Crippen molar-refractivity contribution in [1.29, 1.82) is 0 Å². The topological polar surface area (TPSA) is 20.2 Å². The van der Waals surface area contributed by atoms with Gasteiger partial charge in [0.2, 0.25) is 0 Å². The van der Waals surface area contributed by atoms with E-state index in [4.69, 9.17) is 6.48 Å². The van der Waals surface area contributed by atoms with Crippen LogP contribution in [0.2, 0.25) is 0 Å². The second-order valence-corrected chi connectivity index (χ2v) is 1.37. The molecule has 0 rings (SSSR count). The van der Waals surface area contributed by atoms with Crippen LogP contribution in [0.15, 0.2) is 0 Å². The summed E-state index contributed by atoms with van der Waals surface area (Å²) in [6, 6.07) is 0. The first kappa shape index (κ1) is 3.16. The van der Waals surface area contributed by atoms with E-state index in [1.54, 1.807) is 13.8 Å². The van der Waals surface area contributed by atoms with Gasteiger partial charge in [-0.1, -0.05) is 13.8 Å². The summed E-state index contributed by atoms with van der Waals surface area (Å²) in [5, 5.41) is 8.22. The maximum absolute atomic E-state index is 8.22. The lowest BCUT2D eigenvalue weighted by Gasteiger charge is -1.90. The summed E-state index contributed by atoms with van der Waals surface area (Å²) in [6.07, 6.45) is 0. The van der Waals surface area contributed by atoms with Crippen molar-refractivity contribution in [3.8, 4) is 0 Å². The zero-order valence-corrected chi connectivity index (χ0v) is 3.65. The molecular formula is C4H10O. The van der Waals surface area contributed by atoms with E-state index >= 15 is 0 Å². The Morgan fingerprint density at radius 3 is 2.20 bits per heavy atom. The Morgan fingerprint density at radius 2 is 2.20 bits per heavy atom. The first-order valence-electron chi connectivity index (χ1n) is 2.17. The molecule has 1 nitrogen and oxygen atoms in total. The molecule has 1 heteroatoms. The Morgan fingerprint density at radius 1 is 2.00 bits per heavy atom. The molecule has 5 heavy (non-hydrogen) atoms. The Bertz CT molecular complexity index is 37.3. The van der Waals surface area contributed by atoms with Crippen molar-refractivity contribution in [2.45, 2.75) is 13.8 Å². The molecule has 0 bridgehead atoms. The number of rotatable bonds is 1. The average Bonchev–Trinajstić information content (AvgIpc) is 1.35. The number of aliphatic hydroxyl groups excluding tert-OH is 1. The van der Waals surface area contributed by atoms with Crippen molar-refractivity contribution in [1.82, 2.24) is 0 Å². The Hall–Kier alpha value is -0.0400. The molecule has 1 N–H and O–H groups in total. The highest BCUT2D eigenvalue weighted by Gasteiger charge is 1.81. The molecule has 0 aliphatic carbocycles. The maximum Gasteiger partial charge on any atom is 0.0453 e. The van der Waals surface area contributed by atoms with E-state index in [0.29, 0.717) is 0 Å². The van der Waals surface area contributed by atoms with Crippen molar-refractivity contribution in [3.05, 3.63) is 0 Å². The zero-order chi connectivity index (χ0) is 5.21. The molecule has 0 aromatic carbocycles. The fourth-order valence-corrected chi connectivity index (χ4v) is 0. The molecule has 0 radical (unpaired) electrons. The molecule has 0 saturated carbocycles. The van der Waals surface area contributed by atoms with Gasteiger partial charge in [0.1, 0.15) is 0 Å². The van der Waals surface area contributed by atoms with Crippen molar-refractivity contribution >= 4 is 0 Å². The van der Waals surface area contributed by atoms with Crippen molar-refractivity contribution in [2.24, 2.45) is 5.89 Å². The summed E-state index contributed by atoms with van der Waals surface area (Å²) in [4.78, 5) is 0. The van der Waals surface area contributed by atoms with E-state index in [1.807, 2.05) is 0 Å². The van der Waals surface area contributed by atoms with Gasteiger partial charge in [-0.05, 0) is 5.89 Å². The molecule has 0 aromatic rings. The second-order valence-electron chi connectivity index (χ2n) is 1.37. The van der Waals surface area contributed by atoms with E-state index in [-0.39, 0.29) is 6.61 Å². The number of aliphatic hydroxyl groups is 1. The summed E-state index contributed by atoms with van der Waals surface area (Å²) in [7, 11) is 0. The molecular weight excluding hydrogens is 64.0 g/mol. The summed E-state index contributed by atoms with van der Waals surface area (Å²) < 4.78 is 6.93. The normalized spacial score (nSPS) is 14.6. The third kappa shape index (κ3) is 3.96. The van der Waals surface area contributed by atoms with Crippen molar-refractivity contribution < 1.29 is 6.48 Å². The average molecular weight is 75.1 g/mol. The van der Waals surface area contributed by atoms with Gasteiger partial charge in [-0.2, -0.15) is 0 Å². The van der Waals surface area contributed by atoms with Crippen LogP contribution < -0.4 is 0 Å². The molecule has 0 aliphatic heterocycles. The smallest absolute Gasteiger partial charge is 0.0453 e. The predicted molar refractivity (Wildman–Crippen MR) is 21.9 cm³/mol. The van der Waals surface area contributed by atoms with Gasteiger partial charge in [-0.3, -0.25) is 0 Å². The molecule has 0 unspecified atom stereocenters. The fourth-order valence-electron chi connectivity index (χ4n) is 0. The molecule has 32 valence electrons. The third-order valence-corrected chi connectivity index (χ3v) is 0.316. The van der Waals surface area contributed by atoms with Gasteiger partial charge in [0, 0.05) is 7.98 Å². The van der Waals surface area contributed by atoms with E-state index in [0.717, 1.165) is 0 Å². The van der Waals surface area contributed by atoms with Crippen molar-refractivity contribution in [2.75, 3.05) is 6.61 Å². The first-order chi connectivity index (χ1) is 2.56. The highest BCUT2D eigenvalue weighted by molar-refractivity contribution is 4.32. The monoisotopic (exact) mass is 75.1 g/mol. The van der Waals surface area contributed by atoms with Crippen LogP contribution in [0, 0.1) is 5.89 Å². The SMILES string of the molecule is [2H]C(C)(C)CO. The largest absolute Gasteiger partial charge is 0.396 e. The minimum Gasteiger partial charge on any atom is -0.396 e. The van der Waals surface area contributed by atoms with Crippen LogP contribution in [-0.2, 0) is 0 Å². The van der Waals surface area contributed by atoms with E-state index in [9.17, 15) is 0 Å². The Kier molecular flexibility index (Phi) is 1.40. The van der Waals surface area contributed by atoms with Gasteiger partial charge in [-0.25, -0.2) is 0 Å². The molecule has 0 fully saturated rings. The number of hydrogen-bond donors (Lipinski definition) is 1. The maximum atomic E-state index is 8.22. The van der Waals surface area contributed by atoms with Gasteiger partial charge in [0.05, 0.1) is 0 Å². The molecule has 0 saturated heterocycles. The van der Waals surface area contributed by atoms with Crippen LogP contribution >= 0.6 is 0 Å². The van der Waals surface area contributed by atoms with Gasteiger partial charge in [0.15, 0.2) is 0 Å². The van der Waals surface area contributed by atoms with Crippen LogP contribution in [0.4, 0.5) is 0 Å². The Balaban J connectivity index is 3.17. The predicted octanol–water partition coefficient (Wildman–Crippen LogP) is 0.635. The molecule has 0 spiro atoms. The third-order valence-electron chi connectivity index (χ3n) is 0.316. The van der Waals surface area contributed by atoms with Crippen LogP contribution in [0.25, 0.3) is 0 Å². The highest BCUT2D eigenvalue weighted by atomic mass is 16.3. The van der Waals surface area contributed by atoms with Crippen LogP contribution in [-0.4, -0.2) is 11.7 Å². The molecule has 0 amide bonds. The number of hydrogen-bond acceptors (Lipinski definition) is 1. The quantitative estimate of drug-likeness (QED) is 0.484. The Labute approximate surface area is 34.0 Å². The summed E-state index contributed by atoms with van der Waals surface area (Å²) >= 11 is 0. The lowest BCUT2D eigenvalue weighted by molar-refractivity contribution is 0.248. The summed E-state index contributed by atoms with van der Waals surface area (Å²) in [5.41, 5.74) is 0. The fraction of sp³-hybridized carbons (Fsp3) is 1.00. The van der Waals surface area contributed by atoms with Crippen LogP contribution in [0.3, 0.4) is 0 Å². The van der Waals surface area contributed by atoms with E-state index in [1.165, 1.54) is 0 Å². The molecule has 0 heterocycles.